The first-order valence-electron chi connectivity index (χ1n) is 8.51. The maximum atomic E-state index is 7.00. The van der Waals surface area contributed by atoms with E-state index in [1.54, 1.807) is 0 Å². The van der Waals surface area contributed by atoms with Crippen molar-refractivity contribution in [2.75, 3.05) is 0 Å². The van der Waals surface area contributed by atoms with Crippen molar-refractivity contribution in [3.05, 3.63) is 0 Å². The topological polar surface area (TPSA) is 26.0 Å². The van der Waals surface area contributed by atoms with Gasteiger partial charge in [0.05, 0.1) is 0 Å². The van der Waals surface area contributed by atoms with Crippen molar-refractivity contribution in [2.24, 2.45) is 23.5 Å². The molecule has 2 atom stereocenters. The number of hydrogen-bond donors (Lipinski definition) is 1. The monoisotopic (exact) mass is 251 g/mol. The fourth-order valence-corrected chi connectivity index (χ4v) is 5.02. The molecule has 2 aliphatic carbocycles. The highest BCUT2D eigenvalue weighted by molar-refractivity contribution is 5.01. The van der Waals surface area contributed by atoms with E-state index in [0.29, 0.717) is 0 Å². The fourth-order valence-electron chi connectivity index (χ4n) is 5.02. The summed E-state index contributed by atoms with van der Waals surface area (Å²) < 4.78 is 0. The second-order valence-corrected chi connectivity index (χ2v) is 6.88. The Bertz CT molecular complexity index is 240. The minimum Gasteiger partial charge on any atom is -0.325 e. The molecule has 18 heavy (non-hydrogen) atoms. The summed E-state index contributed by atoms with van der Waals surface area (Å²) in [5, 5.41) is 0. The van der Waals surface area contributed by atoms with E-state index in [-0.39, 0.29) is 5.54 Å². The zero-order chi connectivity index (χ0) is 13.0. The molecule has 0 aromatic heterocycles. The molecule has 1 nitrogen and oxygen atoms in total. The predicted molar refractivity (Wildman–Crippen MR) is 79.5 cm³/mol. The Hall–Kier alpha value is -0.0400. The summed E-state index contributed by atoms with van der Waals surface area (Å²) in [6.07, 6.45) is 15.4. The largest absolute Gasteiger partial charge is 0.325 e. The van der Waals surface area contributed by atoms with Gasteiger partial charge in [0.25, 0.3) is 0 Å². The third kappa shape index (κ3) is 2.76. The van der Waals surface area contributed by atoms with E-state index in [2.05, 4.69) is 13.8 Å². The molecule has 0 saturated heterocycles. The second-order valence-electron chi connectivity index (χ2n) is 6.88. The van der Waals surface area contributed by atoms with Crippen LogP contribution >= 0.6 is 0 Å². The maximum absolute atomic E-state index is 7.00. The molecule has 0 aromatic carbocycles. The molecule has 2 aliphatic rings. The Kier molecular flexibility index (Phi) is 5.12. The Labute approximate surface area is 114 Å². The Morgan fingerprint density at radius 1 is 0.944 bits per heavy atom. The molecule has 0 aliphatic heterocycles. The molecule has 0 radical (unpaired) electrons. The normalized spacial score (nSPS) is 35.0. The average molecular weight is 251 g/mol. The zero-order valence-corrected chi connectivity index (χ0v) is 12.6. The molecular formula is C17H33N. The summed E-state index contributed by atoms with van der Waals surface area (Å²) in [5.41, 5.74) is 7.17. The van der Waals surface area contributed by atoms with Crippen LogP contribution < -0.4 is 5.73 Å². The van der Waals surface area contributed by atoms with Gasteiger partial charge in [0.1, 0.15) is 0 Å². The first-order chi connectivity index (χ1) is 8.72. The fraction of sp³-hybridized carbons (Fsp3) is 1.00. The standard InChI is InChI=1S/C17H33N/c1-3-15(4-2)17(18)13-9-8-12-16(17)14-10-6-5-7-11-14/h14-16H,3-13,18H2,1-2H3. The minimum absolute atomic E-state index is 0.170. The van der Waals surface area contributed by atoms with Crippen molar-refractivity contribution in [1.29, 1.82) is 0 Å². The minimum atomic E-state index is 0.170. The Balaban J connectivity index is 2.13. The van der Waals surface area contributed by atoms with Gasteiger partial charge in [-0.2, -0.15) is 0 Å². The van der Waals surface area contributed by atoms with Crippen LogP contribution in [-0.4, -0.2) is 5.54 Å². The van der Waals surface area contributed by atoms with Crippen molar-refractivity contribution in [2.45, 2.75) is 90.0 Å². The molecule has 0 amide bonds. The van der Waals surface area contributed by atoms with E-state index >= 15 is 0 Å². The van der Waals surface area contributed by atoms with Crippen LogP contribution in [0.3, 0.4) is 0 Å². The molecule has 2 rings (SSSR count). The number of nitrogens with two attached hydrogens (primary N) is 1. The zero-order valence-electron chi connectivity index (χ0n) is 12.6. The molecule has 0 heterocycles. The SMILES string of the molecule is CCC(CC)C1(N)CCCCC1C1CCCCC1. The third-order valence-corrected chi connectivity index (χ3v) is 6.03. The summed E-state index contributed by atoms with van der Waals surface area (Å²) in [6, 6.07) is 0. The van der Waals surface area contributed by atoms with Crippen molar-refractivity contribution in [3.8, 4) is 0 Å². The molecule has 2 unspecified atom stereocenters. The average Bonchev–Trinajstić information content (AvgIpc) is 2.41. The molecule has 2 N–H and O–H groups in total. The molecule has 0 spiro atoms. The van der Waals surface area contributed by atoms with Crippen LogP contribution in [0.2, 0.25) is 0 Å². The second kappa shape index (κ2) is 6.41. The van der Waals surface area contributed by atoms with Crippen LogP contribution in [0.5, 0.6) is 0 Å². The molecule has 0 aromatic rings. The van der Waals surface area contributed by atoms with E-state index in [1.807, 2.05) is 0 Å². The van der Waals surface area contributed by atoms with Crippen molar-refractivity contribution in [3.63, 3.8) is 0 Å². The van der Waals surface area contributed by atoms with Gasteiger partial charge in [-0.3, -0.25) is 0 Å². The third-order valence-electron chi connectivity index (χ3n) is 6.03. The van der Waals surface area contributed by atoms with Gasteiger partial charge in [0.15, 0.2) is 0 Å². The quantitative estimate of drug-likeness (QED) is 0.756. The van der Waals surface area contributed by atoms with Crippen LogP contribution in [0.15, 0.2) is 0 Å². The number of hydrogen-bond acceptors (Lipinski definition) is 1. The van der Waals surface area contributed by atoms with Crippen molar-refractivity contribution in [1.82, 2.24) is 0 Å². The molecule has 106 valence electrons. The first-order valence-corrected chi connectivity index (χ1v) is 8.51. The van der Waals surface area contributed by atoms with E-state index in [0.717, 1.165) is 17.8 Å². The van der Waals surface area contributed by atoms with Gasteiger partial charge in [-0.1, -0.05) is 71.6 Å². The van der Waals surface area contributed by atoms with E-state index in [4.69, 9.17) is 5.73 Å². The lowest BCUT2D eigenvalue weighted by Crippen LogP contribution is -2.57. The van der Waals surface area contributed by atoms with Crippen molar-refractivity contribution < 1.29 is 0 Å². The van der Waals surface area contributed by atoms with Gasteiger partial charge in [-0.05, 0) is 30.6 Å². The van der Waals surface area contributed by atoms with Gasteiger partial charge in [0.2, 0.25) is 0 Å². The predicted octanol–water partition coefficient (Wildman–Crippen LogP) is 4.89. The molecule has 0 bridgehead atoms. The van der Waals surface area contributed by atoms with Crippen LogP contribution in [-0.2, 0) is 0 Å². The molecular weight excluding hydrogens is 218 g/mol. The molecule has 2 fully saturated rings. The van der Waals surface area contributed by atoms with Gasteiger partial charge in [0, 0.05) is 5.54 Å². The highest BCUT2D eigenvalue weighted by atomic mass is 14.8. The smallest absolute Gasteiger partial charge is 0.0213 e. The number of rotatable bonds is 4. The summed E-state index contributed by atoms with van der Waals surface area (Å²) in [6.45, 7) is 4.69. The highest BCUT2D eigenvalue weighted by Gasteiger charge is 2.45. The van der Waals surface area contributed by atoms with Gasteiger partial charge in [-0.15, -0.1) is 0 Å². The summed E-state index contributed by atoms with van der Waals surface area (Å²) in [4.78, 5) is 0. The van der Waals surface area contributed by atoms with Crippen LogP contribution in [0.1, 0.15) is 84.5 Å². The van der Waals surface area contributed by atoms with E-state index in [9.17, 15) is 0 Å². The van der Waals surface area contributed by atoms with Gasteiger partial charge in [-0.25, -0.2) is 0 Å². The first kappa shape index (κ1) is 14.4. The van der Waals surface area contributed by atoms with Crippen LogP contribution in [0, 0.1) is 17.8 Å². The summed E-state index contributed by atoms with van der Waals surface area (Å²) in [5.74, 6) is 2.53. The highest BCUT2D eigenvalue weighted by Crippen LogP contribution is 2.47. The summed E-state index contributed by atoms with van der Waals surface area (Å²) in [7, 11) is 0. The lowest BCUT2D eigenvalue weighted by atomic mass is 9.59. The summed E-state index contributed by atoms with van der Waals surface area (Å²) >= 11 is 0. The van der Waals surface area contributed by atoms with E-state index < -0.39 is 0 Å². The lowest BCUT2D eigenvalue weighted by molar-refractivity contribution is 0.0503. The Morgan fingerprint density at radius 3 is 2.17 bits per heavy atom. The van der Waals surface area contributed by atoms with Crippen LogP contribution in [0.25, 0.3) is 0 Å². The molecule has 1 heteroatoms. The maximum Gasteiger partial charge on any atom is 0.0213 e. The molecule has 2 saturated carbocycles. The van der Waals surface area contributed by atoms with Crippen LogP contribution in [0.4, 0.5) is 0 Å². The lowest BCUT2D eigenvalue weighted by Gasteiger charge is -2.50. The Morgan fingerprint density at radius 2 is 1.56 bits per heavy atom. The van der Waals surface area contributed by atoms with Gasteiger partial charge < -0.3 is 5.73 Å². The van der Waals surface area contributed by atoms with Gasteiger partial charge >= 0.3 is 0 Å². The van der Waals surface area contributed by atoms with Crippen molar-refractivity contribution >= 4 is 0 Å². The van der Waals surface area contributed by atoms with E-state index in [1.165, 1.54) is 70.6 Å².